The highest BCUT2D eigenvalue weighted by Gasteiger charge is 2.21. The highest BCUT2D eigenvalue weighted by Crippen LogP contribution is 2.17. The van der Waals surface area contributed by atoms with Gasteiger partial charge in [-0.1, -0.05) is 0 Å². The summed E-state index contributed by atoms with van der Waals surface area (Å²) in [5.41, 5.74) is -0.247. The summed E-state index contributed by atoms with van der Waals surface area (Å²) in [6.07, 6.45) is 0. The topological polar surface area (TPSA) is 92.3 Å². The van der Waals surface area contributed by atoms with Crippen molar-refractivity contribution in [2.24, 2.45) is 0 Å². The predicted molar refractivity (Wildman–Crippen MR) is 79.6 cm³/mol. The first-order valence-corrected chi connectivity index (χ1v) is 9.23. The van der Waals surface area contributed by atoms with Crippen LogP contribution in [-0.2, 0) is 20.0 Å². The molecule has 1 aromatic carbocycles. The van der Waals surface area contributed by atoms with E-state index in [0.717, 1.165) is 0 Å². The minimum Gasteiger partial charge on any atom is -0.284 e. The Bertz CT molecular complexity index is 656. The van der Waals surface area contributed by atoms with Crippen molar-refractivity contribution in [1.29, 1.82) is 0 Å². The third-order valence-electron chi connectivity index (χ3n) is 2.26. The zero-order valence-electron chi connectivity index (χ0n) is 12.0. The van der Waals surface area contributed by atoms with E-state index in [1.54, 1.807) is 20.8 Å². The Morgan fingerprint density at radius 2 is 1.50 bits per heavy atom. The fourth-order valence-corrected chi connectivity index (χ4v) is 3.47. The molecule has 0 aliphatic rings. The van der Waals surface area contributed by atoms with Gasteiger partial charge in [0.15, 0.2) is 0 Å². The first kappa shape index (κ1) is 16.9. The number of hydrogen-bond donors (Lipinski definition) is 2. The summed E-state index contributed by atoms with van der Waals surface area (Å²) in [6, 6.07) is 5.57. The van der Waals surface area contributed by atoms with Crippen LogP contribution in [0.4, 0.5) is 5.69 Å². The van der Waals surface area contributed by atoms with Crippen molar-refractivity contribution < 1.29 is 16.8 Å². The van der Waals surface area contributed by atoms with E-state index in [-0.39, 0.29) is 10.6 Å². The van der Waals surface area contributed by atoms with E-state index in [0.29, 0.717) is 5.69 Å². The van der Waals surface area contributed by atoms with Gasteiger partial charge < -0.3 is 0 Å². The van der Waals surface area contributed by atoms with E-state index in [2.05, 4.69) is 9.44 Å². The lowest BCUT2D eigenvalue weighted by Crippen LogP contribution is -2.40. The maximum absolute atomic E-state index is 12.1. The van der Waals surface area contributed by atoms with Gasteiger partial charge in [0.2, 0.25) is 20.0 Å². The van der Waals surface area contributed by atoms with Gasteiger partial charge in [-0.05, 0) is 52.0 Å². The summed E-state index contributed by atoms with van der Waals surface area (Å²) in [5.74, 6) is -0.0430. The Labute approximate surface area is 120 Å². The lowest BCUT2D eigenvalue weighted by atomic mass is 10.1. The smallest absolute Gasteiger partial charge is 0.241 e. The molecule has 2 N–H and O–H groups in total. The van der Waals surface area contributed by atoms with Crippen molar-refractivity contribution in [2.45, 2.75) is 38.1 Å². The van der Waals surface area contributed by atoms with Crippen LogP contribution in [0.15, 0.2) is 29.2 Å². The molecule has 20 heavy (non-hydrogen) atoms. The summed E-state index contributed by atoms with van der Waals surface area (Å²) in [7, 11) is -6.98. The van der Waals surface area contributed by atoms with Crippen molar-refractivity contribution in [1.82, 2.24) is 4.72 Å². The molecule has 0 aromatic heterocycles. The fourth-order valence-electron chi connectivity index (χ4n) is 1.42. The van der Waals surface area contributed by atoms with Crippen molar-refractivity contribution in [3.63, 3.8) is 0 Å². The second-order valence-electron chi connectivity index (χ2n) is 5.39. The summed E-state index contributed by atoms with van der Waals surface area (Å²) >= 11 is 0. The Kier molecular flexibility index (Phi) is 4.83. The van der Waals surface area contributed by atoms with Gasteiger partial charge in [-0.25, -0.2) is 21.6 Å². The summed E-state index contributed by atoms with van der Waals surface area (Å²) in [4.78, 5) is 0.0897. The van der Waals surface area contributed by atoms with E-state index in [1.165, 1.54) is 31.2 Å². The Morgan fingerprint density at radius 3 is 1.90 bits per heavy atom. The highest BCUT2D eigenvalue weighted by atomic mass is 32.2. The third kappa shape index (κ3) is 5.10. The second kappa shape index (κ2) is 5.71. The zero-order chi connectivity index (χ0) is 15.6. The van der Waals surface area contributed by atoms with Gasteiger partial charge >= 0.3 is 0 Å². The van der Waals surface area contributed by atoms with E-state index >= 15 is 0 Å². The lowest BCUT2D eigenvalue weighted by Gasteiger charge is -2.20. The van der Waals surface area contributed by atoms with Gasteiger partial charge in [-0.2, -0.15) is 0 Å². The average molecular weight is 320 g/mol. The number of anilines is 1. The van der Waals surface area contributed by atoms with Crippen molar-refractivity contribution >= 4 is 25.7 Å². The van der Waals surface area contributed by atoms with Crippen LogP contribution in [0.2, 0.25) is 0 Å². The number of nitrogens with one attached hydrogen (secondary N) is 2. The molecule has 0 fully saturated rings. The van der Waals surface area contributed by atoms with Crippen LogP contribution in [0.25, 0.3) is 0 Å². The van der Waals surface area contributed by atoms with E-state index in [4.69, 9.17) is 0 Å². The van der Waals surface area contributed by atoms with Gasteiger partial charge in [0.1, 0.15) is 0 Å². The molecule has 0 heterocycles. The standard InChI is InChI=1S/C12H20N2O4S2/c1-5-19(15,16)13-10-6-8-11(9-7-10)20(17,18)14-12(2,3)4/h6-9,13-14H,5H2,1-4H3. The highest BCUT2D eigenvalue weighted by molar-refractivity contribution is 7.92. The van der Waals surface area contributed by atoms with Gasteiger partial charge in [-0.3, -0.25) is 4.72 Å². The van der Waals surface area contributed by atoms with Gasteiger partial charge in [0.05, 0.1) is 10.6 Å². The Balaban J connectivity index is 2.98. The molecule has 0 aliphatic heterocycles. The van der Waals surface area contributed by atoms with Crippen molar-refractivity contribution in [3.05, 3.63) is 24.3 Å². The van der Waals surface area contributed by atoms with Crippen LogP contribution in [0.3, 0.4) is 0 Å². The molecule has 0 spiro atoms. The van der Waals surface area contributed by atoms with E-state index in [9.17, 15) is 16.8 Å². The quantitative estimate of drug-likeness (QED) is 0.860. The van der Waals surface area contributed by atoms with Crippen molar-refractivity contribution in [2.75, 3.05) is 10.5 Å². The first-order chi connectivity index (χ1) is 8.95. The molecule has 0 saturated carbocycles. The minimum absolute atomic E-state index is 0.0430. The maximum atomic E-state index is 12.1. The molecule has 0 bridgehead atoms. The van der Waals surface area contributed by atoms with E-state index in [1.807, 2.05) is 0 Å². The van der Waals surface area contributed by atoms with Crippen LogP contribution < -0.4 is 9.44 Å². The number of sulfonamides is 2. The lowest BCUT2D eigenvalue weighted by molar-refractivity contribution is 0.491. The van der Waals surface area contributed by atoms with Gasteiger partial charge in [0.25, 0.3) is 0 Å². The van der Waals surface area contributed by atoms with Crippen LogP contribution in [0.1, 0.15) is 27.7 Å². The number of rotatable bonds is 5. The molecule has 0 unspecified atom stereocenters. The molecule has 6 nitrogen and oxygen atoms in total. The molecule has 0 atom stereocenters. The number of benzene rings is 1. The van der Waals surface area contributed by atoms with Gasteiger partial charge in [-0.15, -0.1) is 0 Å². The molecular weight excluding hydrogens is 300 g/mol. The predicted octanol–water partition coefficient (Wildman–Crippen LogP) is 1.52. The fraction of sp³-hybridized carbons (Fsp3) is 0.500. The van der Waals surface area contributed by atoms with Crippen LogP contribution in [-0.4, -0.2) is 28.1 Å². The molecule has 0 aliphatic carbocycles. The summed E-state index contributed by atoms with van der Waals surface area (Å²) < 4.78 is 51.8. The zero-order valence-corrected chi connectivity index (χ0v) is 13.6. The largest absolute Gasteiger partial charge is 0.284 e. The second-order valence-corrected chi connectivity index (χ2v) is 9.08. The monoisotopic (exact) mass is 320 g/mol. The molecular formula is C12H20N2O4S2. The molecule has 0 amide bonds. The van der Waals surface area contributed by atoms with Crippen molar-refractivity contribution in [3.8, 4) is 0 Å². The molecule has 114 valence electrons. The van der Waals surface area contributed by atoms with Crippen LogP contribution in [0.5, 0.6) is 0 Å². The first-order valence-electron chi connectivity index (χ1n) is 6.10. The molecule has 0 saturated heterocycles. The Morgan fingerprint density at radius 1 is 1.00 bits per heavy atom. The SMILES string of the molecule is CCS(=O)(=O)Nc1ccc(S(=O)(=O)NC(C)(C)C)cc1. The van der Waals surface area contributed by atoms with Crippen LogP contribution in [0, 0.1) is 0 Å². The van der Waals surface area contributed by atoms with Crippen LogP contribution >= 0.6 is 0 Å². The summed E-state index contributed by atoms with van der Waals surface area (Å²) in [6.45, 7) is 6.76. The molecule has 0 radical (unpaired) electrons. The summed E-state index contributed by atoms with van der Waals surface area (Å²) in [5, 5.41) is 0. The molecule has 1 aromatic rings. The number of hydrogen-bond acceptors (Lipinski definition) is 4. The van der Waals surface area contributed by atoms with Gasteiger partial charge in [0, 0.05) is 11.2 Å². The normalized spacial score (nSPS) is 13.2. The maximum Gasteiger partial charge on any atom is 0.241 e. The third-order valence-corrected chi connectivity index (χ3v) is 5.34. The average Bonchev–Trinajstić information content (AvgIpc) is 2.26. The van der Waals surface area contributed by atoms with E-state index < -0.39 is 25.6 Å². The molecule has 1 rings (SSSR count). The Hall–Kier alpha value is -1.12. The molecule has 8 heteroatoms. The minimum atomic E-state index is -3.61.